The molecule has 0 bridgehead atoms. The highest BCUT2D eigenvalue weighted by Crippen LogP contribution is 2.41. The number of tetrazole rings is 1. The van der Waals surface area contributed by atoms with Crippen molar-refractivity contribution in [3.05, 3.63) is 84.4 Å². The molecule has 0 radical (unpaired) electrons. The van der Waals surface area contributed by atoms with Crippen LogP contribution in [0.15, 0.2) is 83.9 Å². The fraction of sp³-hybridized carbons (Fsp3) is 0.323. The summed E-state index contributed by atoms with van der Waals surface area (Å²) in [5, 5.41) is 12.6. The largest absolute Gasteiger partial charge is 0.271 e. The first-order valence-electron chi connectivity index (χ1n) is 13.6. The molecule has 4 aromatic rings. The Morgan fingerprint density at radius 1 is 0.868 bits per heavy atom. The van der Waals surface area contributed by atoms with Crippen LogP contribution in [0, 0.1) is 0 Å². The number of aliphatic imine (C=N–C) groups is 1. The number of hydrogen-bond acceptors (Lipinski definition) is 5. The number of nitrogens with zero attached hydrogens (tertiary/aromatic N) is 6. The molecule has 1 aliphatic carbocycles. The van der Waals surface area contributed by atoms with Gasteiger partial charge in [0.2, 0.25) is 0 Å². The number of anilines is 1. The number of amides is 1. The summed E-state index contributed by atoms with van der Waals surface area (Å²) in [6, 6.07) is 26.6. The van der Waals surface area contributed by atoms with E-state index in [1.54, 1.807) is 0 Å². The van der Waals surface area contributed by atoms with Crippen LogP contribution >= 0.6 is 0 Å². The van der Waals surface area contributed by atoms with Gasteiger partial charge < -0.3 is 0 Å². The molecule has 2 heterocycles. The SMILES string of the molecule is CCCCC1=NC2(CCCC2)C(=O)N1c1ccc(-c2ccccc2-c2nnnn2Cc2ccccc2)cc1. The molecular formula is C31H32N6O. The lowest BCUT2D eigenvalue weighted by Gasteiger charge is -2.23. The van der Waals surface area contributed by atoms with Gasteiger partial charge in [0, 0.05) is 12.0 Å². The summed E-state index contributed by atoms with van der Waals surface area (Å²) in [7, 11) is 0. The molecule has 38 heavy (non-hydrogen) atoms. The van der Waals surface area contributed by atoms with Gasteiger partial charge in [0.25, 0.3) is 5.91 Å². The Balaban J connectivity index is 1.31. The summed E-state index contributed by atoms with van der Waals surface area (Å²) in [5.74, 6) is 1.79. The van der Waals surface area contributed by atoms with E-state index < -0.39 is 5.54 Å². The topological polar surface area (TPSA) is 76.3 Å². The van der Waals surface area contributed by atoms with Gasteiger partial charge in [-0.2, -0.15) is 0 Å². The van der Waals surface area contributed by atoms with Gasteiger partial charge in [-0.15, -0.1) is 5.10 Å². The fourth-order valence-electron chi connectivity index (χ4n) is 5.70. The van der Waals surface area contributed by atoms with Gasteiger partial charge in [0.15, 0.2) is 5.82 Å². The van der Waals surface area contributed by atoms with Crippen LogP contribution in [0.25, 0.3) is 22.5 Å². The smallest absolute Gasteiger partial charge is 0.260 e. The van der Waals surface area contributed by atoms with E-state index in [4.69, 9.17) is 4.99 Å². The second-order valence-electron chi connectivity index (χ2n) is 10.2. The average molecular weight is 505 g/mol. The van der Waals surface area contributed by atoms with Crippen LogP contribution < -0.4 is 4.90 Å². The average Bonchev–Trinajstić information content (AvgIpc) is 3.69. The molecule has 192 valence electrons. The zero-order valence-corrected chi connectivity index (χ0v) is 21.8. The predicted molar refractivity (Wildman–Crippen MR) is 150 cm³/mol. The third-order valence-electron chi connectivity index (χ3n) is 7.70. The quantitative estimate of drug-likeness (QED) is 0.282. The second-order valence-corrected chi connectivity index (χ2v) is 10.2. The highest BCUT2D eigenvalue weighted by molar-refractivity contribution is 6.24. The molecular weight excluding hydrogens is 472 g/mol. The molecule has 1 spiro atoms. The molecule has 1 aliphatic heterocycles. The van der Waals surface area contributed by atoms with Crippen LogP contribution in [0.4, 0.5) is 5.69 Å². The highest BCUT2D eigenvalue weighted by atomic mass is 16.2. The second kappa shape index (κ2) is 10.3. The number of benzene rings is 3. The van der Waals surface area contributed by atoms with Crippen LogP contribution in [0.3, 0.4) is 0 Å². The Hall–Kier alpha value is -4.13. The zero-order valence-electron chi connectivity index (χ0n) is 21.8. The van der Waals surface area contributed by atoms with Crippen molar-refractivity contribution < 1.29 is 4.79 Å². The van der Waals surface area contributed by atoms with Gasteiger partial charge in [0.05, 0.1) is 12.2 Å². The van der Waals surface area contributed by atoms with Gasteiger partial charge in [-0.25, -0.2) is 4.68 Å². The number of aromatic nitrogens is 4. The number of hydrogen-bond donors (Lipinski definition) is 0. The van der Waals surface area contributed by atoms with E-state index in [0.29, 0.717) is 6.54 Å². The summed E-state index contributed by atoms with van der Waals surface area (Å²) < 4.78 is 1.84. The van der Waals surface area contributed by atoms with Crippen LogP contribution in [-0.2, 0) is 11.3 Å². The molecule has 3 aromatic carbocycles. The van der Waals surface area contributed by atoms with Crippen molar-refractivity contribution >= 4 is 17.4 Å². The molecule has 2 aliphatic rings. The van der Waals surface area contributed by atoms with Crippen molar-refractivity contribution in [3.8, 4) is 22.5 Å². The molecule has 6 rings (SSSR count). The van der Waals surface area contributed by atoms with E-state index in [1.165, 1.54) is 0 Å². The normalized spacial score (nSPS) is 16.4. The summed E-state index contributed by atoms with van der Waals surface area (Å²) in [5.41, 5.74) is 4.55. The Morgan fingerprint density at radius 2 is 1.58 bits per heavy atom. The zero-order chi connectivity index (χ0) is 26.0. The standard InChI is InChI=1S/C31H32N6O/c1-2-3-15-28-32-31(20-9-10-21-31)30(38)37(28)25-18-16-24(17-19-25)26-13-7-8-14-27(26)29-33-34-35-36(29)22-23-11-5-4-6-12-23/h4-8,11-14,16-19H,2-3,9-10,15,20-22H2,1H3. The molecule has 0 N–H and O–H groups in total. The molecule has 0 saturated heterocycles. The van der Waals surface area contributed by atoms with Crippen molar-refractivity contribution in [2.45, 2.75) is 64.0 Å². The summed E-state index contributed by atoms with van der Waals surface area (Å²) in [6.07, 6.45) is 6.81. The van der Waals surface area contributed by atoms with Crippen LogP contribution in [0.2, 0.25) is 0 Å². The van der Waals surface area contributed by atoms with Crippen molar-refractivity contribution in [2.24, 2.45) is 4.99 Å². The minimum atomic E-state index is -0.538. The Kier molecular flexibility index (Phi) is 6.58. The summed E-state index contributed by atoms with van der Waals surface area (Å²) in [6.45, 7) is 2.77. The highest BCUT2D eigenvalue weighted by Gasteiger charge is 2.49. The number of amidine groups is 1. The molecule has 1 amide bonds. The lowest BCUT2D eigenvalue weighted by molar-refractivity contribution is -0.121. The van der Waals surface area contributed by atoms with Gasteiger partial charge in [-0.1, -0.05) is 92.9 Å². The monoisotopic (exact) mass is 504 g/mol. The van der Waals surface area contributed by atoms with Crippen molar-refractivity contribution in [3.63, 3.8) is 0 Å². The van der Waals surface area contributed by atoms with Gasteiger partial charge in [-0.05, 0) is 58.5 Å². The van der Waals surface area contributed by atoms with Crippen LogP contribution in [0.5, 0.6) is 0 Å². The first-order valence-corrected chi connectivity index (χ1v) is 13.6. The minimum Gasteiger partial charge on any atom is -0.271 e. The number of unbranched alkanes of at least 4 members (excludes halogenated alkanes) is 1. The van der Waals surface area contributed by atoms with Crippen molar-refractivity contribution in [1.29, 1.82) is 0 Å². The molecule has 1 fully saturated rings. The minimum absolute atomic E-state index is 0.148. The Labute approximate surface area is 223 Å². The first kappa shape index (κ1) is 24.2. The van der Waals surface area contributed by atoms with E-state index in [2.05, 4.69) is 58.8 Å². The maximum Gasteiger partial charge on any atom is 0.260 e. The van der Waals surface area contributed by atoms with Gasteiger partial charge >= 0.3 is 0 Å². The Morgan fingerprint density at radius 3 is 2.32 bits per heavy atom. The lowest BCUT2D eigenvalue weighted by Crippen LogP contribution is -2.41. The number of carbonyl (C=O) groups is 1. The van der Waals surface area contributed by atoms with E-state index in [-0.39, 0.29) is 5.91 Å². The summed E-state index contributed by atoms with van der Waals surface area (Å²) in [4.78, 5) is 20.6. The first-order chi connectivity index (χ1) is 18.7. The molecule has 1 saturated carbocycles. The molecule has 0 atom stereocenters. The van der Waals surface area contributed by atoms with Crippen molar-refractivity contribution in [1.82, 2.24) is 20.2 Å². The third-order valence-corrected chi connectivity index (χ3v) is 7.70. The maximum absolute atomic E-state index is 13.6. The predicted octanol–water partition coefficient (Wildman–Crippen LogP) is 6.30. The molecule has 0 unspecified atom stereocenters. The number of rotatable bonds is 8. The molecule has 7 heteroatoms. The fourth-order valence-corrected chi connectivity index (χ4v) is 5.70. The molecule has 7 nitrogen and oxygen atoms in total. The van der Waals surface area contributed by atoms with Crippen LogP contribution in [0.1, 0.15) is 57.4 Å². The van der Waals surface area contributed by atoms with E-state index in [9.17, 15) is 4.79 Å². The van der Waals surface area contributed by atoms with E-state index in [1.807, 2.05) is 52.0 Å². The van der Waals surface area contributed by atoms with Gasteiger partial charge in [0.1, 0.15) is 11.4 Å². The van der Waals surface area contributed by atoms with Gasteiger partial charge in [-0.3, -0.25) is 14.7 Å². The maximum atomic E-state index is 13.6. The Bertz CT molecular complexity index is 1450. The molecule has 1 aromatic heterocycles. The lowest BCUT2D eigenvalue weighted by atomic mass is 9.97. The summed E-state index contributed by atoms with van der Waals surface area (Å²) >= 11 is 0. The van der Waals surface area contributed by atoms with Crippen LogP contribution in [-0.4, -0.2) is 37.5 Å². The van der Waals surface area contributed by atoms with E-state index >= 15 is 0 Å². The van der Waals surface area contributed by atoms with Crippen molar-refractivity contribution in [2.75, 3.05) is 4.90 Å². The number of carbonyl (C=O) groups excluding carboxylic acids is 1. The van der Waals surface area contributed by atoms with E-state index in [0.717, 1.165) is 84.5 Å². The third kappa shape index (κ3) is 4.42.